The van der Waals surface area contributed by atoms with Gasteiger partial charge in [-0.1, -0.05) is 12.1 Å². The molecule has 4 rings (SSSR count). The number of hydrogen-bond acceptors (Lipinski definition) is 2. The van der Waals surface area contributed by atoms with Crippen molar-refractivity contribution in [3.05, 3.63) is 97.0 Å². The number of aryl methyl sites for hydroxylation is 2. The third-order valence-corrected chi connectivity index (χ3v) is 3.60. The van der Waals surface area contributed by atoms with E-state index < -0.39 is 0 Å². The van der Waals surface area contributed by atoms with Crippen LogP contribution in [0.2, 0.25) is 0 Å². The van der Waals surface area contributed by atoms with Crippen molar-refractivity contribution in [2.24, 2.45) is 7.05 Å². The van der Waals surface area contributed by atoms with Gasteiger partial charge in [0.15, 0.2) is 0 Å². The molecule has 2 aromatic carbocycles. The Bertz CT molecular complexity index is 867. The zero-order valence-corrected chi connectivity index (χ0v) is 17.1. The molecular weight excluding hydrogens is 498 g/mol. The number of aromatic nitrogens is 3. The Morgan fingerprint density at radius 2 is 1.50 bits per heavy atom. The molecule has 1 radical (unpaired) electrons. The maximum Gasteiger partial charge on any atom is 0.0559 e. The van der Waals surface area contributed by atoms with Crippen molar-refractivity contribution in [3.63, 3.8) is 0 Å². The quantitative estimate of drug-likeness (QED) is 0.360. The smallest absolute Gasteiger partial charge is 0.0559 e. The molecule has 0 N–H and O–H groups in total. The zero-order chi connectivity index (χ0) is 17.5. The minimum atomic E-state index is 0. The van der Waals surface area contributed by atoms with Crippen LogP contribution in [0, 0.1) is 19.1 Å². The first-order chi connectivity index (χ1) is 12.2. The van der Waals surface area contributed by atoms with Crippen LogP contribution in [-0.4, -0.2) is 14.5 Å². The van der Waals surface area contributed by atoms with Gasteiger partial charge in [-0.2, -0.15) is 0 Å². The molecule has 0 saturated heterocycles. The summed E-state index contributed by atoms with van der Waals surface area (Å²) in [4.78, 5) is 8.63. The number of hydrogen-bond donors (Lipinski definition) is 0. The minimum absolute atomic E-state index is 0. The van der Waals surface area contributed by atoms with Crippen molar-refractivity contribution in [1.29, 1.82) is 0 Å². The summed E-state index contributed by atoms with van der Waals surface area (Å²) in [5, 5.41) is 0. The Morgan fingerprint density at radius 1 is 0.846 bits per heavy atom. The molecule has 0 aliphatic carbocycles. The maximum absolute atomic E-state index is 4.41. The van der Waals surface area contributed by atoms with Crippen LogP contribution < -0.4 is 0 Å². The van der Waals surface area contributed by atoms with Gasteiger partial charge >= 0.3 is 0 Å². The Morgan fingerprint density at radius 3 is 2.00 bits per heavy atom. The average Bonchev–Trinajstić information content (AvgIpc) is 3.03. The van der Waals surface area contributed by atoms with Crippen LogP contribution in [0.15, 0.2) is 79.1 Å². The largest absolute Gasteiger partial charge is 0.373 e. The summed E-state index contributed by atoms with van der Waals surface area (Å²) in [6, 6.07) is 27.8. The number of rotatable bonds is 2. The number of nitrogens with zero attached hydrogens (tertiary/aromatic N) is 3. The molecule has 0 fully saturated rings. The topological polar surface area (TPSA) is 30.7 Å². The van der Waals surface area contributed by atoms with Gasteiger partial charge in [0.1, 0.15) is 0 Å². The van der Waals surface area contributed by atoms with Crippen LogP contribution in [0.5, 0.6) is 0 Å². The molecule has 0 bridgehead atoms. The second kappa shape index (κ2) is 9.81. The van der Waals surface area contributed by atoms with E-state index in [4.69, 9.17) is 0 Å². The predicted octanol–water partition coefficient (Wildman–Crippen LogP) is 4.74. The number of imidazole rings is 1. The number of benzene rings is 2. The van der Waals surface area contributed by atoms with Crippen LogP contribution in [0.4, 0.5) is 0 Å². The second-order valence-electron chi connectivity index (χ2n) is 5.58. The van der Waals surface area contributed by atoms with Crippen molar-refractivity contribution in [1.82, 2.24) is 14.5 Å². The van der Waals surface area contributed by atoms with Gasteiger partial charge < -0.3 is 9.55 Å². The van der Waals surface area contributed by atoms with E-state index in [0.29, 0.717) is 0 Å². The fourth-order valence-corrected chi connectivity index (χ4v) is 2.47. The molecule has 2 heterocycles. The zero-order valence-electron chi connectivity index (χ0n) is 14.7. The van der Waals surface area contributed by atoms with Crippen molar-refractivity contribution in [2.45, 2.75) is 6.92 Å². The van der Waals surface area contributed by atoms with Gasteiger partial charge in [0.05, 0.1) is 5.82 Å². The monoisotopic (exact) mass is 518 g/mol. The summed E-state index contributed by atoms with van der Waals surface area (Å²) in [7, 11) is 2.00. The molecule has 4 aromatic rings. The van der Waals surface area contributed by atoms with E-state index >= 15 is 0 Å². The molecule has 0 spiro atoms. The third kappa shape index (κ3) is 5.22. The Kier molecular flexibility index (Phi) is 7.46. The van der Waals surface area contributed by atoms with E-state index in [-0.39, 0.29) is 20.1 Å². The second-order valence-corrected chi connectivity index (χ2v) is 5.58. The fraction of sp³-hybridized carbons (Fsp3) is 0.0909. The van der Waals surface area contributed by atoms with Gasteiger partial charge in [-0.25, -0.2) is 0 Å². The van der Waals surface area contributed by atoms with Gasteiger partial charge in [0.25, 0.3) is 0 Å². The van der Waals surface area contributed by atoms with Crippen LogP contribution >= 0.6 is 0 Å². The Balaban J connectivity index is 0.000000180. The van der Waals surface area contributed by atoms with Crippen LogP contribution in [-0.2, 0) is 27.2 Å². The summed E-state index contributed by atoms with van der Waals surface area (Å²) >= 11 is 0. The van der Waals surface area contributed by atoms with Crippen LogP contribution in [0.3, 0.4) is 0 Å². The summed E-state index contributed by atoms with van der Waals surface area (Å²) in [6.45, 7) is 1.99. The van der Waals surface area contributed by atoms with Crippen LogP contribution in [0.25, 0.3) is 22.6 Å². The van der Waals surface area contributed by atoms with E-state index in [1.54, 1.807) is 6.20 Å². The van der Waals surface area contributed by atoms with E-state index in [9.17, 15) is 0 Å². The Hall–Kier alpha value is -2.55. The summed E-state index contributed by atoms with van der Waals surface area (Å²) in [6.07, 6.45) is 3.80. The van der Waals surface area contributed by atoms with E-state index in [1.165, 1.54) is 0 Å². The molecule has 0 aliphatic heterocycles. The predicted molar refractivity (Wildman–Crippen MR) is 101 cm³/mol. The molecular formula is C22H19IrN3-2. The molecule has 0 amide bonds. The minimum Gasteiger partial charge on any atom is -0.373 e. The van der Waals surface area contributed by atoms with Gasteiger partial charge in [-0.3, -0.25) is 4.98 Å². The summed E-state index contributed by atoms with van der Waals surface area (Å²) in [5.74, 6) is 0.970. The van der Waals surface area contributed by atoms with Crippen molar-refractivity contribution in [3.8, 4) is 22.6 Å². The summed E-state index contributed by atoms with van der Waals surface area (Å²) in [5.41, 5.74) is 4.09. The van der Waals surface area contributed by atoms with E-state index in [1.807, 2.05) is 91.5 Å². The first-order valence-corrected chi connectivity index (χ1v) is 8.09. The number of pyridine rings is 1. The molecule has 0 saturated carbocycles. The van der Waals surface area contributed by atoms with Gasteiger partial charge in [-0.05, 0) is 18.7 Å². The molecule has 0 atom stereocenters. The van der Waals surface area contributed by atoms with Crippen molar-refractivity contribution >= 4 is 0 Å². The normalized spacial score (nSPS) is 9.62. The van der Waals surface area contributed by atoms with Crippen LogP contribution in [0.1, 0.15) is 5.69 Å². The molecule has 0 unspecified atom stereocenters. The van der Waals surface area contributed by atoms with Crippen molar-refractivity contribution < 1.29 is 20.1 Å². The fourth-order valence-electron chi connectivity index (χ4n) is 2.47. The average molecular weight is 518 g/mol. The van der Waals surface area contributed by atoms with E-state index in [2.05, 4.69) is 22.1 Å². The summed E-state index contributed by atoms with van der Waals surface area (Å²) < 4.78 is 2.02. The molecule has 2 aromatic heterocycles. The molecule has 4 heteroatoms. The molecule has 133 valence electrons. The first kappa shape index (κ1) is 19.8. The van der Waals surface area contributed by atoms with Crippen molar-refractivity contribution in [2.75, 3.05) is 0 Å². The van der Waals surface area contributed by atoms with Gasteiger partial charge in [-0.15, -0.1) is 71.8 Å². The Labute approximate surface area is 168 Å². The molecule has 3 nitrogen and oxygen atoms in total. The standard InChI is InChI=1S/C11H11N2.C11H8N.Ir/c1-9-8-13(2)11(12-9)10-6-4-3-5-7-10;1-2-6-10(7-3-1)11-8-4-5-9-12-11;/h3-6,8H,1-2H3;1-6,8-9H;/q2*-1;. The van der Waals surface area contributed by atoms with E-state index in [0.717, 1.165) is 28.3 Å². The SMILES string of the molecule is Cc1cn(C)c(-c2[c-]cccc2)n1.[Ir].[c-]1ccccc1-c1ccccn1. The maximum atomic E-state index is 4.41. The third-order valence-electron chi connectivity index (χ3n) is 3.60. The molecule has 0 aliphatic rings. The van der Waals surface area contributed by atoms with Gasteiger partial charge in [0.2, 0.25) is 0 Å². The first-order valence-electron chi connectivity index (χ1n) is 8.09. The van der Waals surface area contributed by atoms with Gasteiger partial charge in [0, 0.05) is 45.2 Å². The molecule has 26 heavy (non-hydrogen) atoms.